The molecule has 0 radical (unpaired) electrons. The monoisotopic (exact) mass is 414 g/mol. The van der Waals surface area contributed by atoms with E-state index in [2.05, 4.69) is 66.6 Å². The van der Waals surface area contributed by atoms with Crippen molar-refractivity contribution in [1.82, 2.24) is 14.5 Å². The van der Waals surface area contributed by atoms with Crippen LogP contribution >= 0.6 is 0 Å². The molecule has 1 fully saturated rings. The summed E-state index contributed by atoms with van der Waals surface area (Å²) in [5, 5.41) is 12.0. The Balaban J connectivity index is 1.87. The lowest BCUT2D eigenvalue weighted by molar-refractivity contribution is 0.301. The smallest absolute Gasteiger partial charge is 0.151 e. The highest BCUT2D eigenvalue weighted by Crippen LogP contribution is 2.39. The minimum Gasteiger partial charge on any atom is -0.395 e. The summed E-state index contributed by atoms with van der Waals surface area (Å²) in [7, 11) is 0. The highest BCUT2D eigenvalue weighted by molar-refractivity contribution is 6.13. The van der Waals surface area contributed by atoms with Gasteiger partial charge in [-0.05, 0) is 63.6 Å². The molecule has 2 aromatic carbocycles. The molecule has 0 aliphatic heterocycles. The maximum atomic E-state index is 9.78. The lowest BCUT2D eigenvalue weighted by Gasteiger charge is -2.24. The summed E-state index contributed by atoms with van der Waals surface area (Å²) in [4.78, 5) is 12.1. The fourth-order valence-corrected chi connectivity index (χ4v) is 4.94. The van der Waals surface area contributed by atoms with E-state index >= 15 is 0 Å². The lowest BCUT2D eigenvalue weighted by Crippen LogP contribution is -2.30. The fourth-order valence-electron chi connectivity index (χ4n) is 4.94. The van der Waals surface area contributed by atoms with E-state index in [9.17, 15) is 5.11 Å². The molecule has 5 rings (SSSR count). The Morgan fingerprint density at radius 1 is 1.03 bits per heavy atom. The molecule has 5 heteroatoms. The number of para-hydroxylation sites is 1. The van der Waals surface area contributed by atoms with Crippen LogP contribution in [0.3, 0.4) is 0 Å². The largest absolute Gasteiger partial charge is 0.395 e. The van der Waals surface area contributed by atoms with Gasteiger partial charge in [0.15, 0.2) is 5.65 Å². The normalized spacial score (nSPS) is 14.0. The van der Waals surface area contributed by atoms with Gasteiger partial charge in [0.05, 0.1) is 23.2 Å². The van der Waals surface area contributed by atoms with Gasteiger partial charge in [-0.3, -0.25) is 4.57 Å². The number of rotatable bonds is 6. The van der Waals surface area contributed by atoms with Crippen LogP contribution in [0.5, 0.6) is 0 Å². The van der Waals surface area contributed by atoms with E-state index in [1.807, 2.05) is 6.92 Å². The first-order valence-electron chi connectivity index (χ1n) is 11.2. The fraction of sp³-hybridized carbons (Fsp3) is 0.385. The molecule has 1 aliphatic rings. The van der Waals surface area contributed by atoms with Gasteiger partial charge in [-0.25, -0.2) is 9.97 Å². The first kappa shape index (κ1) is 20.0. The average Bonchev–Trinajstić information content (AvgIpc) is 3.48. The van der Waals surface area contributed by atoms with Crippen LogP contribution in [0.2, 0.25) is 0 Å². The molecule has 0 amide bonds. The number of anilines is 1. The second-order valence-electron chi connectivity index (χ2n) is 9.01. The van der Waals surface area contributed by atoms with Gasteiger partial charge in [0, 0.05) is 18.5 Å². The van der Waals surface area contributed by atoms with Crippen molar-refractivity contribution in [3.8, 4) is 5.69 Å². The molecule has 31 heavy (non-hydrogen) atoms. The van der Waals surface area contributed by atoms with Gasteiger partial charge in [0.1, 0.15) is 11.6 Å². The summed E-state index contributed by atoms with van der Waals surface area (Å²) < 4.78 is 2.31. The van der Waals surface area contributed by atoms with E-state index in [0.29, 0.717) is 12.5 Å². The van der Waals surface area contributed by atoms with E-state index in [0.717, 1.165) is 40.1 Å². The second-order valence-corrected chi connectivity index (χ2v) is 9.01. The summed E-state index contributed by atoms with van der Waals surface area (Å²) in [5.74, 6) is 2.40. The number of aromatic nitrogens is 3. The molecule has 2 heterocycles. The third-order valence-corrected chi connectivity index (χ3v) is 6.31. The van der Waals surface area contributed by atoms with Gasteiger partial charge in [0.2, 0.25) is 0 Å². The Hall–Kier alpha value is -2.92. The Morgan fingerprint density at radius 2 is 1.74 bits per heavy atom. The summed E-state index contributed by atoms with van der Waals surface area (Å²) in [5.41, 5.74) is 7.02. The van der Waals surface area contributed by atoms with Crippen LogP contribution in [0.4, 0.5) is 5.82 Å². The number of fused-ring (bicyclic) bond motifs is 3. The van der Waals surface area contributed by atoms with Crippen molar-refractivity contribution in [2.24, 2.45) is 5.92 Å². The van der Waals surface area contributed by atoms with E-state index < -0.39 is 0 Å². The first-order valence-corrected chi connectivity index (χ1v) is 11.2. The maximum absolute atomic E-state index is 9.78. The van der Waals surface area contributed by atoms with Crippen molar-refractivity contribution >= 4 is 27.8 Å². The molecule has 4 aromatic rings. The molecule has 0 atom stereocenters. The zero-order valence-electron chi connectivity index (χ0n) is 18.8. The molecule has 0 unspecified atom stereocenters. The number of benzene rings is 2. The van der Waals surface area contributed by atoms with Crippen molar-refractivity contribution < 1.29 is 5.11 Å². The van der Waals surface area contributed by atoms with Crippen LogP contribution in [0.15, 0.2) is 36.4 Å². The van der Waals surface area contributed by atoms with Gasteiger partial charge in [-0.1, -0.05) is 35.9 Å². The zero-order valence-corrected chi connectivity index (χ0v) is 18.8. The Labute approximate surface area is 183 Å². The predicted octanol–water partition coefficient (Wildman–Crippen LogP) is 5.02. The molecule has 5 nitrogen and oxygen atoms in total. The number of aryl methyl sites for hydroxylation is 4. The number of nitrogens with zero attached hydrogens (tertiary/aromatic N) is 4. The number of aliphatic hydroxyl groups is 1. The van der Waals surface area contributed by atoms with Crippen LogP contribution in [0, 0.1) is 33.6 Å². The molecule has 0 saturated heterocycles. The molecule has 1 aliphatic carbocycles. The molecule has 160 valence electrons. The third kappa shape index (κ3) is 3.47. The van der Waals surface area contributed by atoms with Crippen molar-refractivity contribution in [2.45, 2.75) is 40.5 Å². The molecular formula is C26H30N4O. The molecule has 0 spiro atoms. The summed E-state index contributed by atoms with van der Waals surface area (Å²) >= 11 is 0. The third-order valence-electron chi connectivity index (χ3n) is 6.31. The Kier molecular flexibility index (Phi) is 4.94. The highest BCUT2D eigenvalue weighted by atomic mass is 16.3. The van der Waals surface area contributed by atoms with Crippen molar-refractivity contribution in [3.05, 3.63) is 58.9 Å². The number of hydrogen-bond acceptors (Lipinski definition) is 4. The molecule has 1 saturated carbocycles. The van der Waals surface area contributed by atoms with Crippen LogP contribution in [0.25, 0.3) is 27.6 Å². The van der Waals surface area contributed by atoms with Crippen molar-refractivity contribution in [3.63, 3.8) is 0 Å². The summed E-state index contributed by atoms with van der Waals surface area (Å²) in [6, 6.07) is 13.0. The minimum absolute atomic E-state index is 0.117. The van der Waals surface area contributed by atoms with E-state index in [1.54, 1.807) is 0 Å². The topological polar surface area (TPSA) is 54.2 Å². The number of aliphatic hydroxyl groups excluding tert-OH is 1. The summed E-state index contributed by atoms with van der Waals surface area (Å²) in [6.07, 6.45) is 2.53. The molecule has 0 bridgehead atoms. The van der Waals surface area contributed by atoms with Crippen LogP contribution in [0.1, 0.15) is 35.4 Å². The van der Waals surface area contributed by atoms with E-state index in [1.165, 1.54) is 35.2 Å². The first-order chi connectivity index (χ1) is 15.0. The van der Waals surface area contributed by atoms with Crippen molar-refractivity contribution in [1.29, 1.82) is 0 Å². The van der Waals surface area contributed by atoms with Gasteiger partial charge in [-0.2, -0.15) is 0 Å². The van der Waals surface area contributed by atoms with Gasteiger partial charge >= 0.3 is 0 Å². The van der Waals surface area contributed by atoms with Gasteiger partial charge in [-0.15, -0.1) is 0 Å². The Bertz CT molecular complexity index is 1260. The molecule has 2 aromatic heterocycles. The standard InChI is InChI=1S/C26H30N4O/c1-16-13-17(2)24(18(3)14-16)30-22-8-6-5-7-21(22)23-25(27-19(4)28-26(23)30)29(11-12-31)15-20-9-10-20/h5-8,13-14,20,31H,9-12,15H2,1-4H3. The minimum atomic E-state index is 0.117. The van der Waals surface area contributed by atoms with Crippen LogP contribution < -0.4 is 4.90 Å². The second kappa shape index (κ2) is 7.65. The predicted molar refractivity (Wildman–Crippen MR) is 127 cm³/mol. The lowest BCUT2D eigenvalue weighted by atomic mass is 10.0. The van der Waals surface area contributed by atoms with Crippen LogP contribution in [-0.2, 0) is 0 Å². The zero-order chi connectivity index (χ0) is 21.7. The van der Waals surface area contributed by atoms with E-state index in [-0.39, 0.29) is 6.61 Å². The Morgan fingerprint density at radius 3 is 2.42 bits per heavy atom. The SMILES string of the molecule is Cc1cc(C)c(-n2c3ccccc3c3c(N(CCO)CC4CC4)nc(C)nc32)c(C)c1. The highest BCUT2D eigenvalue weighted by Gasteiger charge is 2.28. The average molecular weight is 415 g/mol. The van der Waals surface area contributed by atoms with Crippen molar-refractivity contribution in [2.75, 3.05) is 24.6 Å². The quantitative estimate of drug-likeness (QED) is 0.482. The summed E-state index contributed by atoms with van der Waals surface area (Å²) in [6.45, 7) is 10.1. The maximum Gasteiger partial charge on any atom is 0.151 e. The van der Waals surface area contributed by atoms with Gasteiger partial charge < -0.3 is 10.0 Å². The molecular weight excluding hydrogens is 384 g/mol. The molecule has 1 N–H and O–H groups in total. The number of hydrogen-bond donors (Lipinski definition) is 1. The van der Waals surface area contributed by atoms with Crippen LogP contribution in [-0.4, -0.2) is 39.3 Å². The van der Waals surface area contributed by atoms with E-state index in [4.69, 9.17) is 9.97 Å². The van der Waals surface area contributed by atoms with Gasteiger partial charge in [0.25, 0.3) is 0 Å².